The van der Waals surface area contributed by atoms with Gasteiger partial charge in [0.2, 0.25) is 0 Å². The predicted molar refractivity (Wildman–Crippen MR) is 78.6 cm³/mol. The van der Waals surface area contributed by atoms with E-state index < -0.39 is 0 Å². The van der Waals surface area contributed by atoms with Crippen LogP contribution >= 0.6 is 0 Å². The largest absolute Gasteiger partial charge is 0.495 e. The molecule has 2 rings (SSSR count). The number of methoxy groups -OCH3 is 1. The molecule has 0 radical (unpaired) electrons. The van der Waals surface area contributed by atoms with Gasteiger partial charge < -0.3 is 14.2 Å². The number of hydrogen-bond donors (Lipinski definition) is 0. The summed E-state index contributed by atoms with van der Waals surface area (Å²) in [5, 5.41) is 0. The fraction of sp³-hybridized carbons (Fsp3) is 0.529. The van der Waals surface area contributed by atoms with Crippen molar-refractivity contribution < 1.29 is 14.2 Å². The Labute approximate surface area is 121 Å². The molecule has 1 fully saturated rings. The average Bonchev–Trinajstić information content (AvgIpc) is 2.52. The first-order valence-corrected chi connectivity index (χ1v) is 7.25. The van der Waals surface area contributed by atoms with Gasteiger partial charge in [0, 0.05) is 13.0 Å². The first kappa shape index (κ1) is 14.9. The second-order valence-corrected chi connectivity index (χ2v) is 4.77. The highest BCUT2D eigenvalue weighted by Gasteiger charge is 2.12. The molecule has 0 spiro atoms. The van der Waals surface area contributed by atoms with Gasteiger partial charge in [0.25, 0.3) is 0 Å². The van der Waals surface area contributed by atoms with Crippen molar-refractivity contribution in [2.45, 2.75) is 38.4 Å². The van der Waals surface area contributed by atoms with E-state index in [1.807, 2.05) is 24.3 Å². The lowest BCUT2D eigenvalue weighted by molar-refractivity contribution is -0.162. The molecule has 1 saturated heterocycles. The van der Waals surface area contributed by atoms with Gasteiger partial charge in [0.15, 0.2) is 6.29 Å². The van der Waals surface area contributed by atoms with Crippen LogP contribution < -0.4 is 4.74 Å². The molecule has 0 aliphatic carbocycles. The van der Waals surface area contributed by atoms with E-state index in [1.54, 1.807) is 7.11 Å². The Bertz CT molecular complexity index is 453. The van der Waals surface area contributed by atoms with Crippen molar-refractivity contribution in [3.8, 4) is 17.6 Å². The quantitative estimate of drug-likeness (QED) is 0.608. The third-order valence-electron chi connectivity index (χ3n) is 3.22. The van der Waals surface area contributed by atoms with Crippen LogP contribution in [0, 0.1) is 11.8 Å². The maximum absolute atomic E-state index is 5.67. The number of para-hydroxylation sites is 1. The number of ether oxygens (including phenoxy) is 3. The summed E-state index contributed by atoms with van der Waals surface area (Å²) in [6.45, 7) is 1.55. The molecule has 0 aromatic heterocycles. The molecular formula is C17H22O3. The van der Waals surface area contributed by atoms with Crippen molar-refractivity contribution in [2.75, 3.05) is 20.3 Å². The van der Waals surface area contributed by atoms with Crippen LogP contribution in [0.15, 0.2) is 24.3 Å². The smallest absolute Gasteiger partial charge is 0.157 e. The summed E-state index contributed by atoms with van der Waals surface area (Å²) >= 11 is 0. The molecule has 1 aliphatic heterocycles. The molecule has 1 unspecified atom stereocenters. The Morgan fingerprint density at radius 2 is 2.20 bits per heavy atom. The molecule has 108 valence electrons. The molecule has 0 N–H and O–H groups in total. The number of hydrogen-bond acceptors (Lipinski definition) is 3. The maximum atomic E-state index is 5.67. The van der Waals surface area contributed by atoms with E-state index in [-0.39, 0.29) is 6.29 Å². The highest BCUT2D eigenvalue weighted by molar-refractivity contribution is 5.45. The second kappa shape index (κ2) is 8.63. The van der Waals surface area contributed by atoms with E-state index in [1.165, 1.54) is 6.42 Å². The molecular weight excluding hydrogens is 252 g/mol. The van der Waals surface area contributed by atoms with Crippen LogP contribution in [-0.4, -0.2) is 26.6 Å². The van der Waals surface area contributed by atoms with E-state index in [9.17, 15) is 0 Å². The summed E-state index contributed by atoms with van der Waals surface area (Å²) in [5.41, 5.74) is 0.937. The van der Waals surface area contributed by atoms with Gasteiger partial charge in [-0.1, -0.05) is 24.0 Å². The second-order valence-electron chi connectivity index (χ2n) is 4.77. The zero-order valence-electron chi connectivity index (χ0n) is 12.1. The summed E-state index contributed by atoms with van der Waals surface area (Å²) in [6.07, 6.45) is 5.15. The van der Waals surface area contributed by atoms with Crippen molar-refractivity contribution in [2.24, 2.45) is 0 Å². The lowest BCUT2D eigenvalue weighted by Gasteiger charge is -2.22. The summed E-state index contributed by atoms with van der Waals surface area (Å²) in [6, 6.07) is 7.81. The molecule has 20 heavy (non-hydrogen) atoms. The molecule has 0 bridgehead atoms. The Morgan fingerprint density at radius 3 is 3.00 bits per heavy atom. The first-order valence-electron chi connectivity index (χ1n) is 7.25. The maximum Gasteiger partial charge on any atom is 0.157 e. The Morgan fingerprint density at radius 1 is 1.30 bits per heavy atom. The van der Waals surface area contributed by atoms with E-state index in [0.717, 1.165) is 43.6 Å². The van der Waals surface area contributed by atoms with E-state index >= 15 is 0 Å². The minimum Gasteiger partial charge on any atom is -0.495 e. The SMILES string of the molecule is COc1ccccc1C#CCCCOC1CCCCO1. The predicted octanol–water partition coefficient (Wildman–Crippen LogP) is 3.37. The Balaban J connectivity index is 1.67. The molecule has 1 atom stereocenters. The van der Waals surface area contributed by atoms with Crippen LogP contribution in [0.2, 0.25) is 0 Å². The molecule has 1 aromatic carbocycles. The van der Waals surface area contributed by atoms with Crippen LogP contribution in [0.25, 0.3) is 0 Å². The minimum absolute atomic E-state index is 0.00549. The monoisotopic (exact) mass is 274 g/mol. The van der Waals surface area contributed by atoms with Crippen LogP contribution in [0.4, 0.5) is 0 Å². The van der Waals surface area contributed by atoms with Gasteiger partial charge in [-0.15, -0.1) is 0 Å². The van der Waals surface area contributed by atoms with Crippen molar-refractivity contribution in [3.05, 3.63) is 29.8 Å². The summed E-state index contributed by atoms with van der Waals surface area (Å²) in [4.78, 5) is 0. The van der Waals surface area contributed by atoms with Crippen molar-refractivity contribution in [1.29, 1.82) is 0 Å². The van der Waals surface area contributed by atoms with Gasteiger partial charge in [-0.2, -0.15) is 0 Å². The number of unbranched alkanes of at least 4 members (excludes halogenated alkanes) is 1. The topological polar surface area (TPSA) is 27.7 Å². The van der Waals surface area contributed by atoms with E-state index in [0.29, 0.717) is 6.61 Å². The van der Waals surface area contributed by atoms with Crippen molar-refractivity contribution in [3.63, 3.8) is 0 Å². The fourth-order valence-corrected chi connectivity index (χ4v) is 2.12. The molecule has 0 saturated carbocycles. The highest BCUT2D eigenvalue weighted by Crippen LogP contribution is 2.16. The summed E-state index contributed by atoms with van der Waals surface area (Å²) < 4.78 is 16.4. The molecule has 3 nitrogen and oxygen atoms in total. The van der Waals surface area contributed by atoms with Crippen molar-refractivity contribution in [1.82, 2.24) is 0 Å². The van der Waals surface area contributed by atoms with Crippen LogP contribution in [0.5, 0.6) is 5.75 Å². The zero-order chi connectivity index (χ0) is 14.0. The van der Waals surface area contributed by atoms with Gasteiger partial charge in [-0.05, 0) is 37.8 Å². The van der Waals surface area contributed by atoms with Gasteiger partial charge in [0.05, 0.1) is 19.3 Å². The molecule has 3 heteroatoms. The zero-order valence-corrected chi connectivity index (χ0v) is 12.1. The minimum atomic E-state index is 0.00549. The molecule has 0 amide bonds. The van der Waals surface area contributed by atoms with Crippen LogP contribution in [-0.2, 0) is 9.47 Å². The first-order chi connectivity index (χ1) is 9.90. The van der Waals surface area contributed by atoms with Crippen LogP contribution in [0.3, 0.4) is 0 Å². The average molecular weight is 274 g/mol. The summed E-state index contributed by atoms with van der Waals surface area (Å²) in [7, 11) is 1.67. The lowest BCUT2D eigenvalue weighted by atomic mass is 10.2. The molecule has 1 heterocycles. The lowest BCUT2D eigenvalue weighted by Crippen LogP contribution is -2.22. The van der Waals surface area contributed by atoms with Crippen molar-refractivity contribution >= 4 is 0 Å². The van der Waals surface area contributed by atoms with Gasteiger partial charge >= 0.3 is 0 Å². The van der Waals surface area contributed by atoms with E-state index in [4.69, 9.17) is 14.2 Å². The Kier molecular flexibility index (Phi) is 6.43. The molecule has 1 aliphatic rings. The number of benzene rings is 1. The fourth-order valence-electron chi connectivity index (χ4n) is 2.12. The van der Waals surface area contributed by atoms with Gasteiger partial charge in [-0.3, -0.25) is 0 Å². The van der Waals surface area contributed by atoms with Gasteiger partial charge in [-0.25, -0.2) is 0 Å². The highest BCUT2D eigenvalue weighted by atomic mass is 16.7. The standard InChI is InChI=1S/C17H22O3/c1-18-16-11-5-4-10-15(16)9-3-2-7-13-19-17-12-6-8-14-20-17/h4-5,10-11,17H,2,6-8,12-14H2,1H3. The Hall–Kier alpha value is -1.50. The normalized spacial score (nSPS) is 18.1. The third-order valence-corrected chi connectivity index (χ3v) is 3.22. The third kappa shape index (κ3) is 4.88. The van der Waals surface area contributed by atoms with Gasteiger partial charge in [0.1, 0.15) is 5.75 Å². The van der Waals surface area contributed by atoms with E-state index in [2.05, 4.69) is 11.8 Å². The van der Waals surface area contributed by atoms with Crippen LogP contribution in [0.1, 0.15) is 37.7 Å². The number of rotatable bonds is 5. The summed E-state index contributed by atoms with van der Waals surface area (Å²) in [5.74, 6) is 7.13. The molecule has 1 aromatic rings.